The third kappa shape index (κ3) is 2.71. The summed E-state index contributed by atoms with van der Waals surface area (Å²) in [5.41, 5.74) is -0.615. The van der Waals surface area contributed by atoms with Crippen LogP contribution in [0.1, 0.15) is 36.3 Å². The molecule has 2 aromatic rings. The van der Waals surface area contributed by atoms with E-state index in [9.17, 15) is 21.0 Å². The van der Waals surface area contributed by atoms with E-state index in [1.807, 2.05) is 67.6 Å². The van der Waals surface area contributed by atoms with Crippen LogP contribution in [0.2, 0.25) is 0 Å². The van der Waals surface area contributed by atoms with E-state index in [0.717, 1.165) is 22.3 Å². The molecule has 0 bridgehead atoms. The number of allylic oxidation sites excluding steroid dienone is 3. The summed E-state index contributed by atoms with van der Waals surface area (Å²) >= 11 is 0. The molecule has 0 fully saturated rings. The van der Waals surface area contributed by atoms with Crippen molar-refractivity contribution >= 4 is 0 Å². The summed E-state index contributed by atoms with van der Waals surface area (Å²) < 4.78 is 0. The molecule has 30 heavy (non-hydrogen) atoms. The van der Waals surface area contributed by atoms with Gasteiger partial charge in [0.15, 0.2) is 10.8 Å². The Morgan fingerprint density at radius 1 is 0.767 bits per heavy atom. The highest BCUT2D eigenvalue weighted by molar-refractivity contribution is 5.57. The van der Waals surface area contributed by atoms with Crippen molar-refractivity contribution in [1.29, 1.82) is 21.0 Å². The number of hydrogen-bond donors (Lipinski definition) is 0. The molecule has 4 heteroatoms. The summed E-state index contributed by atoms with van der Waals surface area (Å²) in [5.74, 6) is -1.42. The van der Waals surface area contributed by atoms with Crippen molar-refractivity contribution in [1.82, 2.24) is 0 Å². The van der Waals surface area contributed by atoms with Crippen molar-refractivity contribution < 1.29 is 0 Å². The fourth-order valence-electron chi connectivity index (χ4n) is 4.79. The van der Waals surface area contributed by atoms with Gasteiger partial charge in [-0.2, -0.15) is 21.0 Å². The van der Waals surface area contributed by atoms with Gasteiger partial charge in [-0.15, -0.1) is 6.58 Å². The van der Waals surface area contributed by atoms with Gasteiger partial charge in [0.25, 0.3) is 0 Å². The maximum absolute atomic E-state index is 10.4. The van der Waals surface area contributed by atoms with Crippen LogP contribution >= 0.6 is 0 Å². The molecule has 0 unspecified atom stereocenters. The van der Waals surface area contributed by atoms with Crippen molar-refractivity contribution in [3.63, 3.8) is 0 Å². The summed E-state index contributed by atoms with van der Waals surface area (Å²) in [5, 5.41) is 41.5. The minimum absolute atomic E-state index is 0.451. The summed E-state index contributed by atoms with van der Waals surface area (Å²) in [7, 11) is 0. The SMILES string of the molecule is C=CCC1=C(C)[C@H](c2ccccc2)C(C#N)(C#N)C(C#N)(C#N)[C@@H]1c1ccccc1. The first kappa shape index (κ1) is 20.6. The lowest BCUT2D eigenvalue weighted by Gasteiger charge is -2.48. The molecular weight excluding hydrogens is 368 g/mol. The van der Waals surface area contributed by atoms with E-state index in [-0.39, 0.29) is 0 Å². The van der Waals surface area contributed by atoms with Crippen molar-refractivity contribution in [2.24, 2.45) is 10.8 Å². The Hall–Kier alpha value is -4.12. The molecule has 2 aromatic carbocycles. The quantitative estimate of drug-likeness (QED) is 0.644. The van der Waals surface area contributed by atoms with Gasteiger partial charge >= 0.3 is 0 Å². The molecule has 0 spiro atoms. The molecule has 2 atom stereocenters. The van der Waals surface area contributed by atoms with E-state index < -0.39 is 22.7 Å². The first-order valence-corrected chi connectivity index (χ1v) is 9.62. The molecule has 144 valence electrons. The molecule has 0 saturated carbocycles. The Labute approximate surface area is 177 Å². The molecule has 4 nitrogen and oxygen atoms in total. The van der Waals surface area contributed by atoms with Gasteiger partial charge in [0.2, 0.25) is 0 Å². The molecule has 0 aliphatic heterocycles. The molecule has 0 saturated heterocycles. The zero-order valence-corrected chi connectivity index (χ0v) is 16.7. The fraction of sp³-hybridized carbons (Fsp3) is 0.231. The molecule has 0 heterocycles. The first-order chi connectivity index (χ1) is 14.6. The van der Waals surface area contributed by atoms with E-state index in [1.165, 1.54) is 0 Å². The average molecular weight is 388 g/mol. The fourth-order valence-corrected chi connectivity index (χ4v) is 4.79. The molecular formula is C26H20N4. The zero-order valence-electron chi connectivity index (χ0n) is 16.7. The van der Waals surface area contributed by atoms with Crippen LogP contribution in [0, 0.1) is 56.2 Å². The predicted molar refractivity (Wildman–Crippen MR) is 113 cm³/mol. The Kier molecular flexibility index (Phi) is 5.56. The van der Waals surface area contributed by atoms with Gasteiger partial charge in [-0.1, -0.05) is 77.9 Å². The molecule has 0 aromatic heterocycles. The van der Waals surface area contributed by atoms with E-state index in [2.05, 4.69) is 30.9 Å². The van der Waals surface area contributed by atoms with E-state index in [4.69, 9.17) is 0 Å². The minimum Gasteiger partial charge on any atom is -0.196 e. The Bertz CT molecular complexity index is 1120. The van der Waals surface area contributed by atoms with Crippen LogP contribution in [-0.4, -0.2) is 0 Å². The van der Waals surface area contributed by atoms with Crippen LogP contribution in [-0.2, 0) is 0 Å². The van der Waals surface area contributed by atoms with Crippen molar-refractivity contribution in [3.05, 3.63) is 95.6 Å². The van der Waals surface area contributed by atoms with Crippen molar-refractivity contribution in [3.8, 4) is 24.3 Å². The Morgan fingerprint density at radius 2 is 1.17 bits per heavy atom. The highest BCUT2D eigenvalue weighted by atomic mass is 14.7. The average Bonchev–Trinajstić information content (AvgIpc) is 2.81. The third-order valence-electron chi connectivity index (χ3n) is 6.11. The molecule has 0 N–H and O–H groups in total. The Balaban J connectivity index is 2.52. The minimum atomic E-state index is -1.89. The highest BCUT2D eigenvalue weighted by Crippen LogP contribution is 2.64. The largest absolute Gasteiger partial charge is 0.196 e. The lowest BCUT2D eigenvalue weighted by molar-refractivity contribution is 0.211. The van der Waals surface area contributed by atoms with Crippen LogP contribution < -0.4 is 0 Å². The third-order valence-corrected chi connectivity index (χ3v) is 6.11. The van der Waals surface area contributed by atoms with Crippen molar-refractivity contribution in [2.75, 3.05) is 0 Å². The normalized spacial score (nSPS) is 21.4. The van der Waals surface area contributed by atoms with Crippen molar-refractivity contribution in [2.45, 2.75) is 25.2 Å². The first-order valence-electron chi connectivity index (χ1n) is 9.62. The second-order valence-corrected chi connectivity index (χ2v) is 7.45. The number of benzene rings is 2. The van der Waals surface area contributed by atoms with E-state index >= 15 is 0 Å². The smallest absolute Gasteiger partial charge is 0.186 e. The van der Waals surface area contributed by atoms with Gasteiger partial charge in [-0.3, -0.25) is 0 Å². The summed E-state index contributed by atoms with van der Waals surface area (Å²) in [4.78, 5) is 0. The monoisotopic (exact) mass is 388 g/mol. The molecule has 1 aliphatic carbocycles. The maximum Gasteiger partial charge on any atom is 0.186 e. The highest BCUT2D eigenvalue weighted by Gasteiger charge is 2.67. The topological polar surface area (TPSA) is 95.2 Å². The van der Waals surface area contributed by atoms with Gasteiger partial charge in [0.1, 0.15) is 0 Å². The lowest BCUT2D eigenvalue weighted by atomic mass is 9.46. The molecule has 1 aliphatic rings. The van der Waals surface area contributed by atoms with E-state index in [1.54, 1.807) is 6.08 Å². The van der Waals surface area contributed by atoms with Gasteiger partial charge in [-0.25, -0.2) is 0 Å². The summed E-state index contributed by atoms with van der Waals surface area (Å²) in [6, 6.07) is 26.9. The van der Waals surface area contributed by atoms with Crippen LogP contribution in [0.25, 0.3) is 0 Å². The van der Waals surface area contributed by atoms with Gasteiger partial charge in [0.05, 0.1) is 24.3 Å². The van der Waals surface area contributed by atoms with E-state index in [0.29, 0.717) is 6.42 Å². The number of nitriles is 4. The molecule has 0 amide bonds. The second kappa shape index (κ2) is 8.09. The number of hydrogen-bond acceptors (Lipinski definition) is 4. The second-order valence-electron chi connectivity index (χ2n) is 7.45. The molecule has 0 radical (unpaired) electrons. The van der Waals surface area contributed by atoms with Gasteiger partial charge in [0, 0.05) is 11.8 Å². The zero-order chi connectivity index (χ0) is 21.8. The van der Waals surface area contributed by atoms with Crippen LogP contribution in [0.4, 0.5) is 0 Å². The maximum atomic E-state index is 10.4. The van der Waals surface area contributed by atoms with Gasteiger partial charge < -0.3 is 0 Å². The molecule has 3 rings (SSSR count). The summed E-state index contributed by atoms with van der Waals surface area (Å²) in [6.45, 7) is 5.76. The Morgan fingerprint density at radius 3 is 1.57 bits per heavy atom. The van der Waals surface area contributed by atoms with Crippen LogP contribution in [0.15, 0.2) is 84.5 Å². The summed E-state index contributed by atoms with van der Waals surface area (Å²) in [6.07, 6.45) is 2.19. The van der Waals surface area contributed by atoms with Gasteiger partial charge in [-0.05, 0) is 24.5 Å². The number of rotatable bonds is 4. The van der Waals surface area contributed by atoms with Crippen LogP contribution in [0.5, 0.6) is 0 Å². The lowest BCUT2D eigenvalue weighted by Crippen LogP contribution is -2.51. The standard InChI is InChI=1S/C26H20N4/c1-3-10-22-19(2)23(20-11-6-4-7-12-20)25(15-27,16-28)26(17-29,18-30)24(22)21-13-8-5-9-14-21/h3-9,11-14,23-24H,1,10H2,2H3/t23-,24-/m1/s1. The predicted octanol–water partition coefficient (Wildman–Crippen LogP) is 5.53. The van der Waals surface area contributed by atoms with Crippen LogP contribution in [0.3, 0.4) is 0 Å². The number of nitrogens with zero attached hydrogens (tertiary/aromatic N) is 4.